The third kappa shape index (κ3) is 2.64. The van der Waals surface area contributed by atoms with Crippen molar-refractivity contribution in [3.8, 4) is 0 Å². The molecule has 0 bridgehead atoms. The second kappa shape index (κ2) is 5.78. The van der Waals surface area contributed by atoms with Gasteiger partial charge in [0.15, 0.2) is 0 Å². The van der Waals surface area contributed by atoms with Crippen LogP contribution >= 0.6 is 0 Å². The van der Waals surface area contributed by atoms with Crippen LogP contribution in [0.25, 0.3) is 0 Å². The largest absolute Gasteiger partial charge is 0.329 e. The van der Waals surface area contributed by atoms with Crippen molar-refractivity contribution in [2.24, 2.45) is 5.73 Å². The standard InChI is InChI=1S/C18H20F2N2/c1-11-3-4-15-16(5-11)18(9-21)22(2)10-17(15)12-6-13(19)8-14(20)7-12/h3-8,17-18H,9-10,21H2,1-2H3. The maximum Gasteiger partial charge on any atom is 0.126 e. The SMILES string of the molecule is Cc1ccc2c(c1)C(CN)N(C)CC2c1cc(F)cc(F)c1. The van der Waals surface area contributed by atoms with Crippen LogP contribution in [0.1, 0.15) is 34.2 Å². The summed E-state index contributed by atoms with van der Waals surface area (Å²) in [5, 5.41) is 0. The molecule has 0 fully saturated rings. The molecule has 116 valence electrons. The molecule has 2 unspecified atom stereocenters. The summed E-state index contributed by atoms with van der Waals surface area (Å²) in [6, 6.07) is 10.1. The van der Waals surface area contributed by atoms with Gasteiger partial charge in [-0.2, -0.15) is 0 Å². The van der Waals surface area contributed by atoms with Crippen LogP contribution in [-0.2, 0) is 0 Å². The molecule has 1 heterocycles. The quantitative estimate of drug-likeness (QED) is 0.922. The summed E-state index contributed by atoms with van der Waals surface area (Å²) in [5.41, 5.74) is 10.0. The van der Waals surface area contributed by atoms with E-state index in [0.717, 1.165) is 22.8 Å². The van der Waals surface area contributed by atoms with Crippen LogP contribution < -0.4 is 5.73 Å². The highest BCUT2D eigenvalue weighted by atomic mass is 19.1. The number of rotatable bonds is 2. The molecule has 0 spiro atoms. The molecular weight excluding hydrogens is 282 g/mol. The van der Waals surface area contributed by atoms with Gasteiger partial charge in [-0.05, 0) is 42.8 Å². The molecule has 4 heteroatoms. The average molecular weight is 302 g/mol. The van der Waals surface area contributed by atoms with Gasteiger partial charge in [0.2, 0.25) is 0 Å². The molecule has 0 saturated carbocycles. The number of benzene rings is 2. The predicted molar refractivity (Wildman–Crippen MR) is 83.8 cm³/mol. The lowest BCUT2D eigenvalue weighted by Crippen LogP contribution is -2.39. The maximum atomic E-state index is 13.6. The van der Waals surface area contributed by atoms with Gasteiger partial charge in [0, 0.05) is 31.1 Å². The summed E-state index contributed by atoms with van der Waals surface area (Å²) in [4.78, 5) is 2.16. The van der Waals surface area contributed by atoms with Crippen molar-refractivity contribution in [3.05, 3.63) is 70.3 Å². The molecule has 1 aliphatic heterocycles. The zero-order valence-corrected chi connectivity index (χ0v) is 12.8. The minimum absolute atomic E-state index is 0.0476. The van der Waals surface area contributed by atoms with Crippen LogP contribution in [0.3, 0.4) is 0 Å². The number of aryl methyl sites for hydroxylation is 1. The van der Waals surface area contributed by atoms with Gasteiger partial charge in [-0.3, -0.25) is 4.90 Å². The van der Waals surface area contributed by atoms with Crippen molar-refractivity contribution < 1.29 is 8.78 Å². The van der Waals surface area contributed by atoms with Crippen molar-refractivity contribution in [1.82, 2.24) is 4.90 Å². The van der Waals surface area contributed by atoms with Crippen molar-refractivity contribution >= 4 is 0 Å². The van der Waals surface area contributed by atoms with E-state index in [9.17, 15) is 8.78 Å². The maximum absolute atomic E-state index is 13.6. The summed E-state index contributed by atoms with van der Waals surface area (Å²) in [5.74, 6) is -1.12. The van der Waals surface area contributed by atoms with E-state index in [1.807, 2.05) is 20.0 Å². The molecule has 22 heavy (non-hydrogen) atoms. The van der Waals surface area contributed by atoms with E-state index in [2.05, 4.69) is 17.0 Å². The van der Waals surface area contributed by atoms with E-state index >= 15 is 0 Å². The number of hydrogen-bond donors (Lipinski definition) is 1. The third-order valence-corrected chi connectivity index (χ3v) is 4.49. The lowest BCUT2D eigenvalue weighted by atomic mass is 9.81. The van der Waals surface area contributed by atoms with Gasteiger partial charge in [0.1, 0.15) is 11.6 Å². The van der Waals surface area contributed by atoms with Gasteiger partial charge in [-0.15, -0.1) is 0 Å². The fraction of sp³-hybridized carbons (Fsp3) is 0.333. The van der Waals surface area contributed by atoms with Crippen molar-refractivity contribution in [2.75, 3.05) is 20.1 Å². The average Bonchev–Trinajstić information content (AvgIpc) is 2.45. The number of nitrogens with zero attached hydrogens (tertiary/aromatic N) is 1. The van der Waals surface area contributed by atoms with E-state index in [0.29, 0.717) is 18.7 Å². The number of likely N-dealkylation sites (N-methyl/N-ethyl adjacent to an activating group) is 1. The van der Waals surface area contributed by atoms with Crippen LogP contribution in [0.4, 0.5) is 8.78 Å². The molecule has 3 rings (SSSR count). The summed E-state index contributed by atoms with van der Waals surface area (Å²) < 4.78 is 27.2. The molecule has 0 aromatic heterocycles. The lowest BCUT2D eigenvalue weighted by Gasteiger charge is -2.39. The van der Waals surface area contributed by atoms with Gasteiger partial charge in [0.05, 0.1) is 0 Å². The minimum atomic E-state index is -0.535. The Morgan fingerprint density at radius 3 is 2.41 bits per heavy atom. The molecule has 0 saturated heterocycles. The van der Waals surface area contributed by atoms with Gasteiger partial charge in [-0.1, -0.05) is 23.8 Å². The Kier molecular flexibility index (Phi) is 3.98. The summed E-state index contributed by atoms with van der Waals surface area (Å²) >= 11 is 0. The van der Waals surface area contributed by atoms with Gasteiger partial charge in [-0.25, -0.2) is 8.78 Å². The highest BCUT2D eigenvalue weighted by molar-refractivity contribution is 5.44. The van der Waals surface area contributed by atoms with Crippen LogP contribution in [0.2, 0.25) is 0 Å². The number of halogens is 2. The summed E-state index contributed by atoms with van der Waals surface area (Å²) in [6.07, 6.45) is 0. The normalized spacial score (nSPS) is 21.7. The molecule has 2 nitrogen and oxygen atoms in total. The Hall–Kier alpha value is -1.78. The van der Waals surface area contributed by atoms with Crippen LogP contribution in [0, 0.1) is 18.6 Å². The van der Waals surface area contributed by atoms with Crippen molar-refractivity contribution in [2.45, 2.75) is 18.9 Å². The minimum Gasteiger partial charge on any atom is -0.329 e. The van der Waals surface area contributed by atoms with Gasteiger partial charge >= 0.3 is 0 Å². The Morgan fingerprint density at radius 2 is 1.77 bits per heavy atom. The van der Waals surface area contributed by atoms with E-state index in [1.54, 1.807) is 0 Å². The monoisotopic (exact) mass is 302 g/mol. The first-order valence-corrected chi connectivity index (χ1v) is 7.46. The highest BCUT2D eigenvalue weighted by Gasteiger charge is 2.31. The summed E-state index contributed by atoms with van der Waals surface area (Å²) in [7, 11) is 2.01. The van der Waals surface area contributed by atoms with E-state index in [4.69, 9.17) is 5.73 Å². The fourth-order valence-electron chi connectivity index (χ4n) is 3.42. The van der Waals surface area contributed by atoms with Gasteiger partial charge < -0.3 is 5.73 Å². The Morgan fingerprint density at radius 1 is 1.09 bits per heavy atom. The summed E-state index contributed by atoms with van der Waals surface area (Å²) in [6.45, 7) is 3.26. The van der Waals surface area contributed by atoms with E-state index < -0.39 is 11.6 Å². The van der Waals surface area contributed by atoms with Crippen LogP contribution in [0.15, 0.2) is 36.4 Å². The molecule has 1 aliphatic rings. The Bertz CT molecular complexity index is 679. The first-order valence-electron chi connectivity index (χ1n) is 7.46. The van der Waals surface area contributed by atoms with Crippen molar-refractivity contribution in [1.29, 1.82) is 0 Å². The molecule has 2 aromatic carbocycles. The first kappa shape index (κ1) is 15.1. The van der Waals surface area contributed by atoms with Crippen molar-refractivity contribution in [3.63, 3.8) is 0 Å². The first-order chi connectivity index (χ1) is 10.5. The van der Waals surface area contributed by atoms with E-state index in [-0.39, 0.29) is 12.0 Å². The second-order valence-corrected chi connectivity index (χ2v) is 6.08. The molecule has 2 atom stereocenters. The molecule has 0 amide bonds. The fourth-order valence-corrected chi connectivity index (χ4v) is 3.42. The smallest absolute Gasteiger partial charge is 0.126 e. The molecular formula is C18H20F2N2. The number of nitrogens with two attached hydrogens (primary N) is 1. The lowest BCUT2D eigenvalue weighted by molar-refractivity contribution is 0.223. The highest BCUT2D eigenvalue weighted by Crippen LogP contribution is 2.39. The second-order valence-electron chi connectivity index (χ2n) is 6.08. The molecule has 0 radical (unpaired) electrons. The Labute approximate surface area is 129 Å². The van der Waals surface area contributed by atoms with Gasteiger partial charge in [0.25, 0.3) is 0 Å². The zero-order valence-electron chi connectivity index (χ0n) is 12.8. The molecule has 2 N–H and O–H groups in total. The third-order valence-electron chi connectivity index (χ3n) is 4.49. The van der Waals surface area contributed by atoms with Crippen LogP contribution in [0.5, 0.6) is 0 Å². The molecule has 2 aromatic rings. The zero-order chi connectivity index (χ0) is 15.9. The van der Waals surface area contributed by atoms with E-state index in [1.165, 1.54) is 12.1 Å². The number of fused-ring (bicyclic) bond motifs is 1. The van der Waals surface area contributed by atoms with Crippen LogP contribution in [-0.4, -0.2) is 25.0 Å². The number of hydrogen-bond acceptors (Lipinski definition) is 2. The topological polar surface area (TPSA) is 29.3 Å². The predicted octanol–water partition coefficient (Wildman–Crippen LogP) is 3.35. The molecule has 0 aliphatic carbocycles. The Balaban J connectivity index is 2.14.